The van der Waals surface area contributed by atoms with Crippen LogP contribution in [0.15, 0.2) is 67.1 Å². The van der Waals surface area contributed by atoms with Gasteiger partial charge in [-0.05, 0) is 18.3 Å². The number of aromatic nitrogens is 3. The SMILES string of the molecule is [Y].[c-]1nc(-c2ccccn2)ccc1-c1[c-]cc2cnccc2c1. The largest absolute Gasteiger partial charge is 0.361 e. The molecule has 0 aliphatic heterocycles. The van der Waals surface area contributed by atoms with E-state index < -0.39 is 0 Å². The third-order valence-corrected chi connectivity index (χ3v) is 3.49. The Morgan fingerprint density at radius 1 is 0.826 bits per heavy atom. The summed E-state index contributed by atoms with van der Waals surface area (Å²) in [5.41, 5.74) is 3.55. The number of nitrogens with zero attached hydrogens (tertiary/aromatic N) is 3. The Labute approximate surface area is 159 Å². The van der Waals surface area contributed by atoms with Crippen molar-refractivity contribution in [1.82, 2.24) is 15.0 Å². The van der Waals surface area contributed by atoms with Crippen LogP contribution in [-0.2, 0) is 32.7 Å². The zero-order valence-electron chi connectivity index (χ0n) is 12.3. The summed E-state index contributed by atoms with van der Waals surface area (Å²) in [6, 6.07) is 19.0. The molecule has 0 fully saturated rings. The summed E-state index contributed by atoms with van der Waals surface area (Å²) < 4.78 is 0. The molecule has 0 amide bonds. The van der Waals surface area contributed by atoms with Crippen LogP contribution in [0.1, 0.15) is 0 Å². The number of rotatable bonds is 2. The van der Waals surface area contributed by atoms with E-state index >= 15 is 0 Å². The van der Waals surface area contributed by atoms with Crippen molar-refractivity contribution in [3.8, 4) is 22.5 Å². The summed E-state index contributed by atoms with van der Waals surface area (Å²) in [4.78, 5) is 12.8. The molecule has 0 bridgehead atoms. The molecule has 1 radical (unpaired) electrons. The van der Waals surface area contributed by atoms with Crippen molar-refractivity contribution in [2.24, 2.45) is 0 Å². The Balaban J connectivity index is 0.00000156. The summed E-state index contributed by atoms with van der Waals surface area (Å²) in [7, 11) is 0. The zero-order valence-corrected chi connectivity index (χ0v) is 15.1. The van der Waals surface area contributed by atoms with Crippen molar-refractivity contribution in [3.05, 3.63) is 79.4 Å². The fourth-order valence-corrected chi connectivity index (χ4v) is 2.34. The molecule has 0 unspecified atom stereocenters. The van der Waals surface area contributed by atoms with Gasteiger partial charge in [-0.2, -0.15) is 18.2 Å². The molecule has 0 spiro atoms. The van der Waals surface area contributed by atoms with Gasteiger partial charge in [-0.1, -0.05) is 23.7 Å². The van der Waals surface area contributed by atoms with Gasteiger partial charge in [0.15, 0.2) is 0 Å². The molecule has 0 atom stereocenters. The van der Waals surface area contributed by atoms with Gasteiger partial charge in [-0.25, -0.2) is 11.1 Å². The average Bonchev–Trinajstić information content (AvgIpc) is 2.62. The second-order valence-corrected chi connectivity index (χ2v) is 4.92. The molecule has 3 aromatic heterocycles. The standard InChI is InChI=1S/C19H11N3.Y/c1-2-9-21-18(3-1)19-7-6-17(13-22-19)14-4-5-16-12-20-10-8-15(16)11-14;/h1-3,5-12H;/q-2;. The molecule has 1 aromatic carbocycles. The van der Waals surface area contributed by atoms with Gasteiger partial charge < -0.3 is 4.98 Å². The predicted octanol–water partition coefficient (Wildman–Crippen LogP) is 3.96. The molecule has 0 aliphatic carbocycles. The van der Waals surface area contributed by atoms with Crippen LogP contribution < -0.4 is 0 Å². The summed E-state index contributed by atoms with van der Waals surface area (Å²) in [5.74, 6) is 0. The molecule has 0 N–H and O–H groups in total. The van der Waals surface area contributed by atoms with Crippen molar-refractivity contribution in [2.75, 3.05) is 0 Å². The van der Waals surface area contributed by atoms with E-state index in [1.54, 1.807) is 12.4 Å². The number of fused-ring (bicyclic) bond motifs is 1. The Hall–Kier alpha value is -1.97. The minimum absolute atomic E-state index is 0. The van der Waals surface area contributed by atoms with Gasteiger partial charge in [-0.3, -0.25) is 9.97 Å². The van der Waals surface area contributed by atoms with Gasteiger partial charge in [0.05, 0.1) is 0 Å². The summed E-state index contributed by atoms with van der Waals surface area (Å²) >= 11 is 0. The van der Waals surface area contributed by atoms with Crippen molar-refractivity contribution < 1.29 is 32.7 Å². The molecular weight excluding hydrogens is 359 g/mol. The van der Waals surface area contributed by atoms with Crippen molar-refractivity contribution in [2.45, 2.75) is 0 Å². The van der Waals surface area contributed by atoms with E-state index in [1.165, 1.54) is 0 Å². The smallest absolute Gasteiger partial charge is 0.0465 e. The maximum absolute atomic E-state index is 4.39. The Kier molecular flexibility index (Phi) is 4.89. The predicted molar refractivity (Wildman–Crippen MR) is 85.9 cm³/mol. The van der Waals surface area contributed by atoms with E-state index in [0.717, 1.165) is 33.3 Å². The van der Waals surface area contributed by atoms with E-state index in [0.29, 0.717) is 0 Å². The van der Waals surface area contributed by atoms with Crippen molar-refractivity contribution in [1.29, 1.82) is 0 Å². The second kappa shape index (κ2) is 7.07. The molecule has 3 nitrogen and oxygen atoms in total. The van der Waals surface area contributed by atoms with E-state index in [1.807, 2.05) is 48.7 Å². The third kappa shape index (κ3) is 3.36. The fraction of sp³-hybridized carbons (Fsp3) is 0. The van der Waals surface area contributed by atoms with Gasteiger partial charge in [0.1, 0.15) is 0 Å². The molecule has 0 saturated heterocycles. The first-order chi connectivity index (χ1) is 10.9. The van der Waals surface area contributed by atoms with Crippen LogP contribution in [0.4, 0.5) is 0 Å². The first kappa shape index (κ1) is 15.9. The first-order valence-corrected chi connectivity index (χ1v) is 6.96. The summed E-state index contributed by atoms with van der Waals surface area (Å²) in [6.07, 6.45) is 8.46. The quantitative estimate of drug-likeness (QED) is 0.502. The maximum Gasteiger partial charge on any atom is 0.0465 e. The molecule has 3 heterocycles. The van der Waals surface area contributed by atoms with Crippen LogP contribution in [0.5, 0.6) is 0 Å². The Bertz CT molecular complexity index is 922. The number of pyridine rings is 3. The summed E-state index contributed by atoms with van der Waals surface area (Å²) in [6.45, 7) is 0. The first-order valence-electron chi connectivity index (χ1n) is 6.96. The molecule has 0 saturated carbocycles. The van der Waals surface area contributed by atoms with Gasteiger partial charge in [0, 0.05) is 56.5 Å². The minimum atomic E-state index is 0. The maximum atomic E-state index is 4.39. The Morgan fingerprint density at radius 3 is 2.57 bits per heavy atom. The fourth-order valence-electron chi connectivity index (χ4n) is 2.34. The van der Waals surface area contributed by atoms with Crippen molar-refractivity contribution >= 4 is 10.8 Å². The van der Waals surface area contributed by atoms with Crippen LogP contribution in [0.25, 0.3) is 33.3 Å². The van der Waals surface area contributed by atoms with Gasteiger partial charge >= 0.3 is 0 Å². The minimum Gasteiger partial charge on any atom is -0.361 e. The van der Waals surface area contributed by atoms with Crippen LogP contribution in [0.2, 0.25) is 0 Å². The van der Waals surface area contributed by atoms with Gasteiger partial charge in [0.25, 0.3) is 0 Å². The summed E-state index contributed by atoms with van der Waals surface area (Å²) in [5, 5.41) is 2.20. The number of hydrogen-bond donors (Lipinski definition) is 0. The molecule has 23 heavy (non-hydrogen) atoms. The van der Waals surface area contributed by atoms with Gasteiger partial charge in [0.2, 0.25) is 0 Å². The monoisotopic (exact) mass is 370 g/mol. The van der Waals surface area contributed by atoms with E-state index in [-0.39, 0.29) is 32.7 Å². The number of hydrogen-bond acceptors (Lipinski definition) is 3. The van der Waals surface area contributed by atoms with Gasteiger partial charge in [-0.15, -0.1) is 17.5 Å². The third-order valence-electron chi connectivity index (χ3n) is 3.49. The van der Waals surface area contributed by atoms with E-state index in [2.05, 4.69) is 33.3 Å². The Morgan fingerprint density at radius 2 is 1.78 bits per heavy atom. The molecule has 0 aliphatic rings. The van der Waals surface area contributed by atoms with Crippen LogP contribution in [0, 0.1) is 12.3 Å². The van der Waals surface area contributed by atoms with Crippen LogP contribution in [0.3, 0.4) is 0 Å². The van der Waals surface area contributed by atoms with Crippen LogP contribution in [-0.4, -0.2) is 15.0 Å². The molecule has 107 valence electrons. The molecule has 4 aromatic rings. The molecular formula is C19H11N3Y-2. The zero-order chi connectivity index (χ0) is 14.8. The van der Waals surface area contributed by atoms with Crippen molar-refractivity contribution in [3.63, 3.8) is 0 Å². The van der Waals surface area contributed by atoms with E-state index in [4.69, 9.17) is 0 Å². The topological polar surface area (TPSA) is 38.7 Å². The molecule has 4 heteroatoms. The van der Waals surface area contributed by atoms with E-state index in [9.17, 15) is 0 Å². The van der Waals surface area contributed by atoms with Crippen LogP contribution >= 0.6 is 0 Å². The number of benzene rings is 1. The average molecular weight is 370 g/mol. The molecule has 4 rings (SSSR count). The normalized spacial score (nSPS) is 10.3. The second-order valence-electron chi connectivity index (χ2n) is 4.92.